The molecule has 0 saturated carbocycles. The van der Waals surface area contributed by atoms with Gasteiger partial charge in [-0.1, -0.05) is 0 Å². The van der Waals surface area contributed by atoms with Crippen molar-refractivity contribution in [2.24, 2.45) is 5.14 Å². The number of hydrogen-bond acceptors (Lipinski definition) is 5. The standard InChI is InChI=1S/C11H17NO5S/c1-15-10-2-4-11(5-3-10)17-7-6-16-8-9-18(12,13)14/h2-5H,6-9H2,1H3,(H2,12,13,14). The number of benzene rings is 1. The Morgan fingerprint density at radius 2 is 1.67 bits per heavy atom. The molecule has 0 aliphatic rings. The van der Waals surface area contributed by atoms with Gasteiger partial charge in [0.05, 0.1) is 26.1 Å². The van der Waals surface area contributed by atoms with E-state index in [9.17, 15) is 8.42 Å². The van der Waals surface area contributed by atoms with Crippen molar-refractivity contribution in [3.63, 3.8) is 0 Å². The van der Waals surface area contributed by atoms with Gasteiger partial charge in [-0.25, -0.2) is 13.6 Å². The van der Waals surface area contributed by atoms with Crippen molar-refractivity contribution in [1.82, 2.24) is 0 Å². The van der Waals surface area contributed by atoms with E-state index in [2.05, 4.69) is 0 Å². The van der Waals surface area contributed by atoms with Gasteiger partial charge in [0, 0.05) is 0 Å². The summed E-state index contributed by atoms with van der Waals surface area (Å²) in [5.74, 6) is 1.27. The number of rotatable bonds is 8. The van der Waals surface area contributed by atoms with Gasteiger partial charge >= 0.3 is 0 Å². The first-order valence-electron chi connectivity index (χ1n) is 5.36. The van der Waals surface area contributed by atoms with E-state index in [1.54, 1.807) is 31.4 Å². The lowest BCUT2D eigenvalue weighted by Crippen LogP contribution is -2.21. The summed E-state index contributed by atoms with van der Waals surface area (Å²) in [5.41, 5.74) is 0. The second-order valence-corrected chi connectivity index (χ2v) is 5.24. The number of nitrogens with two attached hydrogens (primary N) is 1. The minimum Gasteiger partial charge on any atom is -0.497 e. The molecule has 0 aliphatic heterocycles. The summed E-state index contributed by atoms with van der Waals surface area (Å²) >= 11 is 0. The summed E-state index contributed by atoms with van der Waals surface area (Å²) in [7, 11) is -1.86. The van der Waals surface area contributed by atoms with Crippen molar-refractivity contribution < 1.29 is 22.6 Å². The quantitative estimate of drug-likeness (QED) is 0.693. The summed E-state index contributed by atoms with van der Waals surface area (Å²) in [4.78, 5) is 0. The van der Waals surface area contributed by atoms with Crippen molar-refractivity contribution in [2.75, 3.05) is 32.7 Å². The molecule has 0 unspecified atom stereocenters. The molecule has 6 nitrogen and oxygen atoms in total. The van der Waals surface area contributed by atoms with Crippen LogP contribution in [-0.4, -0.2) is 41.1 Å². The van der Waals surface area contributed by atoms with Gasteiger partial charge in [0.15, 0.2) is 0 Å². The molecule has 102 valence electrons. The van der Waals surface area contributed by atoms with Crippen LogP contribution in [0.25, 0.3) is 0 Å². The fourth-order valence-electron chi connectivity index (χ4n) is 1.17. The summed E-state index contributed by atoms with van der Waals surface area (Å²) in [6.07, 6.45) is 0. The highest BCUT2D eigenvalue weighted by atomic mass is 32.2. The lowest BCUT2D eigenvalue weighted by atomic mass is 10.3. The molecule has 0 heterocycles. The Morgan fingerprint density at radius 3 is 2.22 bits per heavy atom. The highest BCUT2D eigenvalue weighted by Crippen LogP contribution is 2.16. The van der Waals surface area contributed by atoms with Crippen LogP contribution < -0.4 is 14.6 Å². The molecular formula is C11H17NO5S. The average molecular weight is 275 g/mol. The number of methoxy groups -OCH3 is 1. The van der Waals surface area contributed by atoms with E-state index in [-0.39, 0.29) is 12.4 Å². The monoisotopic (exact) mass is 275 g/mol. The molecular weight excluding hydrogens is 258 g/mol. The molecule has 0 bridgehead atoms. The minimum absolute atomic E-state index is 0.0742. The highest BCUT2D eigenvalue weighted by molar-refractivity contribution is 7.89. The Hall–Kier alpha value is -1.31. The van der Waals surface area contributed by atoms with Crippen molar-refractivity contribution in [1.29, 1.82) is 0 Å². The maximum absolute atomic E-state index is 10.6. The summed E-state index contributed by atoms with van der Waals surface area (Å²) in [5, 5.41) is 4.82. The molecule has 1 aromatic rings. The van der Waals surface area contributed by atoms with E-state index < -0.39 is 10.0 Å². The van der Waals surface area contributed by atoms with Crippen LogP contribution in [0, 0.1) is 0 Å². The van der Waals surface area contributed by atoms with Crippen LogP contribution in [0.3, 0.4) is 0 Å². The molecule has 18 heavy (non-hydrogen) atoms. The summed E-state index contributed by atoms with van der Waals surface area (Å²) in [6.45, 7) is 0.725. The molecule has 7 heteroatoms. The fraction of sp³-hybridized carbons (Fsp3) is 0.455. The Kier molecular flexibility index (Phi) is 5.90. The van der Waals surface area contributed by atoms with Crippen molar-refractivity contribution >= 4 is 10.0 Å². The average Bonchev–Trinajstić information content (AvgIpc) is 2.33. The zero-order valence-corrected chi connectivity index (χ0v) is 11.0. The predicted octanol–water partition coefficient (Wildman–Crippen LogP) is 0.379. The van der Waals surface area contributed by atoms with Gasteiger partial charge in [0.1, 0.15) is 18.1 Å². The Bertz CT molecular complexity index is 443. The molecule has 1 rings (SSSR count). The van der Waals surface area contributed by atoms with Crippen LogP contribution in [0.15, 0.2) is 24.3 Å². The Labute approximate surface area is 107 Å². The second kappa shape index (κ2) is 7.20. The summed E-state index contributed by atoms with van der Waals surface area (Å²) < 4.78 is 36.7. The molecule has 0 radical (unpaired) electrons. The third-order valence-electron chi connectivity index (χ3n) is 2.07. The SMILES string of the molecule is COc1ccc(OCCOCCS(N)(=O)=O)cc1. The first kappa shape index (κ1) is 14.7. The lowest BCUT2D eigenvalue weighted by Gasteiger charge is -2.07. The molecule has 0 fully saturated rings. The van der Waals surface area contributed by atoms with Crippen LogP contribution >= 0.6 is 0 Å². The van der Waals surface area contributed by atoms with Gasteiger partial charge in [0.25, 0.3) is 0 Å². The van der Waals surface area contributed by atoms with Gasteiger partial charge in [-0.05, 0) is 24.3 Å². The molecule has 2 N–H and O–H groups in total. The highest BCUT2D eigenvalue weighted by Gasteiger charge is 2.01. The van der Waals surface area contributed by atoms with E-state index >= 15 is 0 Å². The number of ether oxygens (including phenoxy) is 3. The van der Waals surface area contributed by atoms with Crippen molar-refractivity contribution in [3.05, 3.63) is 24.3 Å². The largest absolute Gasteiger partial charge is 0.497 e. The lowest BCUT2D eigenvalue weighted by molar-refractivity contribution is 0.111. The maximum atomic E-state index is 10.6. The van der Waals surface area contributed by atoms with Crippen molar-refractivity contribution in [2.45, 2.75) is 0 Å². The number of primary sulfonamides is 1. The van der Waals surface area contributed by atoms with Crippen molar-refractivity contribution in [3.8, 4) is 11.5 Å². The first-order valence-corrected chi connectivity index (χ1v) is 7.08. The van der Waals surface area contributed by atoms with Crippen LogP contribution in [0.2, 0.25) is 0 Å². The van der Waals surface area contributed by atoms with E-state index in [1.807, 2.05) is 0 Å². The molecule has 1 aromatic carbocycles. The third-order valence-corrected chi connectivity index (χ3v) is 2.80. The number of hydrogen-bond donors (Lipinski definition) is 1. The zero-order valence-electron chi connectivity index (χ0n) is 10.2. The normalized spacial score (nSPS) is 11.2. The molecule has 0 amide bonds. The first-order chi connectivity index (χ1) is 8.51. The molecule has 0 aromatic heterocycles. The maximum Gasteiger partial charge on any atom is 0.211 e. The fourth-order valence-corrected chi connectivity index (χ4v) is 1.52. The second-order valence-electron chi connectivity index (χ2n) is 3.50. The predicted molar refractivity (Wildman–Crippen MR) is 67.3 cm³/mol. The van der Waals surface area contributed by atoms with Gasteiger partial charge in [-0.2, -0.15) is 0 Å². The Morgan fingerprint density at radius 1 is 1.06 bits per heavy atom. The van der Waals surface area contributed by atoms with Gasteiger partial charge in [-0.3, -0.25) is 0 Å². The topological polar surface area (TPSA) is 87.8 Å². The zero-order chi connectivity index (χ0) is 13.4. The van der Waals surface area contributed by atoms with E-state index in [1.165, 1.54) is 0 Å². The van der Waals surface area contributed by atoms with Crippen LogP contribution in [-0.2, 0) is 14.8 Å². The van der Waals surface area contributed by atoms with E-state index in [4.69, 9.17) is 19.3 Å². The molecule has 0 saturated heterocycles. The van der Waals surface area contributed by atoms with Gasteiger partial charge in [-0.15, -0.1) is 0 Å². The van der Waals surface area contributed by atoms with Crippen LogP contribution in [0.4, 0.5) is 0 Å². The summed E-state index contributed by atoms with van der Waals surface area (Å²) in [6, 6.07) is 7.14. The van der Waals surface area contributed by atoms with Gasteiger partial charge < -0.3 is 14.2 Å². The van der Waals surface area contributed by atoms with E-state index in [0.717, 1.165) is 5.75 Å². The number of sulfonamides is 1. The molecule has 0 spiro atoms. The smallest absolute Gasteiger partial charge is 0.211 e. The minimum atomic E-state index is -3.45. The van der Waals surface area contributed by atoms with E-state index in [0.29, 0.717) is 19.0 Å². The third kappa shape index (κ3) is 6.43. The molecule has 0 atom stereocenters. The van der Waals surface area contributed by atoms with Crippen LogP contribution in [0.1, 0.15) is 0 Å². The Balaban J connectivity index is 2.14. The van der Waals surface area contributed by atoms with Gasteiger partial charge in [0.2, 0.25) is 10.0 Å². The molecule has 0 aliphatic carbocycles. The van der Waals surface area contributed by atoms with Crippen LogP contribution in [0.5, 0.6) is 11.5 Å².